The average Bonchev–Trinajstić information content (AvgIpc) is 2.66. The number of piperazine rings is 1. The summed E-state index contributed by atoms with van der Waals surface area (Å²) in [6, 6.07) is 1.86. The lowest BCUT2D eigenvalue weighted by Crippen LogP contribution is -2.53. The predicted molar refractivity (Wildman–Crippen MR) is 118 cm³/mol. The molecule has 0 radical (unpaired) electrons. The molecule has 0 bridgehead atoms. The molecule has 1 saturated heterocycles. The Bertz CT molecular complexity index is 544. The van der Waals surface area contributed by atoms with Gasteiger partial charge < -0.3 is 15.1 Å². The van der Waals surface area contributed by atoms with Crippen molar-refractivity contribution in [1.29, 1.82) is 0 Å². The van der Waals surface area contributed by atoms with Crippen LogP contribution in [0.25, 0.3) is 0 Å². The number of rotatable bonds is 4. The van der Waals surface area contributed by atoms with Crippen molar-refractivity contribution in [1.82, 2.24) is 20.2 Å². The fourth-order valence-electron chi connectivity index (χ4n) is 4.12. The van der Waals surface area contributed by atoms with E-state index in [-0.39, 0.29) is 24.0 Å². The largest absolute Gasteiger partial charge is 0.356 e. The highest BCUT2D eigenvalue weighted by molar-refractivity contribution is 14.0. The monoisotopic (exact) mass is 472 g/mol. The first-order chi connectivity index (χ1) is 12.3. The smallest absolute Gasteiger partial charge is 0.225 e. The number of nitrogens with zero attached hydrogens (tertiary/aromatic N) is 5. The van der Waals surface area contributed by atoms with Gasteiger partial charge in [0.05, 0.1) is 0 Å². The van der Waals surface area contributed by atoms with Crippen molar-refractivity contribution in [2.45, 2.75) is 39.0 Å². The number of hydrogen-bond acceptors (Lipinski definition) is 4. The zero-order valence-electron chi connectivity index (χ0n) is 16.1. The van der Waals surface area contributed by atoms with Crippen LogP contribution >= 0.6 is 24.0 Å². The maximum atomic E-state index is 4.49. The fourth-order valence-corrected chi connectivity index (χ4v) is 4.12. The number of guanidine groups is 1. The Morgan fingerprint density at radius 1 is 1.19 bits per heavy atom. The first-order valence-electron chi connectivity index (χ1n) is 9.74. The maximum absolute atomic E-state index is 4.49. The molecule has 2 unspecified atom stereocenters. The van der Waals surface area contributed by atoms with Crippen LogP contribution in [0.15, 0.2) is 23.5 Å². The highest BCUT2D eigenvalue weighted by atomic mass is 127. The van der Waals surface area contributed by atoms with Gasteiger partial charge in [0.2, 0.25) is 5.95 Å². The van der Waals surface area contributed by atoms with E-state index in [1.165, 1.54) is 32.1 Å². The van der Waals surface area contributed by atoms with Crippen LogP contribution in [0.5, 0.6) is 0 Å². The molecule has 1 aromatic heterocycles. The summed E-state index contributed by atoms with van der Waals surface area (Å²) >= 11 is 0. The molecule has 1 N–H and O–H groups in total. The second-order valence-electron chi connectivity index (χ2n) is 7.42. The molecule has 6 nitrogen and oxygen atoms in total. The Hall–Kier alpha value is -1.12. The molecule has 3 rings (SSSR count). The topological polar surface area (TPSA) is 56.7 Å². The third kappa shape index (κ3) is 5.96. The van der Waals surface area contributed by atoms with Crippen molar-refractivity contribution >= 4 is 35.9 Å². The Kier molecular flexibility index (Phi) is 8.87. The lowest BCUT2D eigenvalue weighted by molar-refractivity contribution is 0.269. The van der Waals surface area contributed by atoms with E-state index in [2.05, 4.69) is 37.0 Å². The minimum Gasteiger partial charge on any atom is -0.356 e. The van der Waals surface area contributed by atoms with E-state index in [4.69, 9.17) is 0 Å². The molecular weight excluding hydrogens is 439 g/mol. The molecule has 1 aromatic rings. The van der Waals surface area contributed by atoms with Gasteiger partial charge in [-0.15, -0.1) is 24.0 Å². The molecule has 2 aliphatic rings. The third-order valence-electron chi connectivity index (χ3n) is 5.51. The normalized spacial score (nSPS) is 24.2. The summed E-state index contributed by atoms with van der Waals surface area (Å²) in [5.74, 6) is 3.67. The van der Waals surface area contributed by atoms with Gasteiger partial charge in [0.25, 0.3) is 0 Å². The van der Waals surface area contributed by atoms with Gasteiger partial charge >= 0.3 is 0 Å². The number of anilines is 1. The molecule has 0 spiro atoms. The average molecular weight is 472 g/mol. The van der Waals surface area contributed by atoms with Gasteiger partial charge in [-0.3, -0.25) is 4.99 Å². The Balaban J connectivity index is 0.00000243. The minimum atomic E-state index is 0. The van der Waals surface area contributed by atoms with E-state index < -0.39 is 0 Å². The zero-order valence-corrected chi connectivity index (χ0v) is 18.4. The molecule has 2 fully saturated rings. The van der Waals surface area contributed by atoms with E-state index in [1.807, 2.05) is 13.1 Å². The molecule has 0 amide bonds. The number of hydrogen-bond donors (Lipinski definition) is 1. The second kappa shape index (κ2) is 10.9. The summed E-state index contributed by atoms with van der Waals surface area (Å²) in [4.78, 5) is 17.8. The molecule has 2 heterocycles. The van der Waals surface area contributed by atoms with Crippen molar-refractivity contribution in [2.24, 2.45) is 16.8 Å². The molecule has 1 aliphatic carbocycles. The zero-order chi connectivity index (χ0) is 17.5. The Morgan fingerprint density at radius 3 is 2.58 bits per heavy atom. The highest BCUT2D eigenvalue weighted by Crippen LogP contribution is 2.30. The first kappa shape index (κ1) is 21.2. The summed E-state index contributed by atoms with van der Waals surface area (Å²) < 4.78 is 0. The number of aliphatic imine (C=N–C) groups is 1. The van der Waals surface area contributed by atoms with E-state index in [0.717, 1.165) is 56.5 Å². The van der Waals surface area contributed by atoms with Crippen molar-refractivity contribution in [3.8, 4) is 0 Å². The molecule has 146 valence electrons. The summed E-state index contributed by atoms with van der Waals surface area (Å²) in [6.07, 6.45) is 10.5. The molecule has 26 heavy (non-hydrogen) atoms. The third-order valence-corrected chi connectivity index (χ3v) is 5.51. The molecule has 2 atom stereocenters. The SMILES string of the molecule is CN=C(NCCC1CCCC(C)C1)N1CCN(c2ncccn2)CC1.I. The van der Waals surface area contributed by atoms with Crippen LogP contribution in [0.2, 0.25) is 0 Å². The highest BCUT2D eigenvalue weighted by Gasteiger charge is 2.22. The lowest BCUT2D eigenvalue weighted by Gasteiger charge is -2.36. The summed E-state index contributed by atoms with van der Waals surface area (Å²) in [7, 11) is 1.89. The summed E-state index contributed by atoms with van der Waals surface area (Å²) in [6.45, 7) is 7.22. The van der Waals surface area contributed by atoms with Crippen LogP contribution in [0.4, 0.5) is 5.95 Å². The molecule has 0 aromatic carbocycles. The van der Waals surface area contributed by atoms with Crippen LogP contribution in [-0.2, 0) is 0 Å². The maximum Gasteiger partial charge on any atom is 0.225 e. The summed E-state index contributed by atoms with van der Waals surface area (Å²) in [5, 5.41) is 3.58. The Labute approximate surface area is 174 Å². The molecular formula is C19H33IN6. The molecule has 1 saturated carbocycles. The summed E-state index contributed by atoms with van der Waals surface area (Å²) in [5.41, 5.74) is 0. The lowest BCUT2D eigenvalue weighted by atomic mass is 9.81. The van der Waals surface area contributed by atoms with Gasteiger partial charge in [0.15, 0.2) is 5.96 Å². The number of aromatic nitrogens is 2. The van der Waals surface area contributed by atoms with Gasteiger partial charge in [-0.05, 0) is 30.7 Å². The number of halogens is 1. The second-order valence-corrected chi connectivity index (χ2v) is 7.42. The van der Waals surface area contributed by atoms with Crippen molar-refractivity contribution < 1.29 is 0 Å². The van der Waals surface area contributed by atoms with Crippen LogP contribution in [0.3, 0.4) is 0 Å². The molecule has 1 aliphatic heterocycles. The van der Waals surface area contributed by atoms with Gasteiger partial charge in [-0.25, -0.2) is 9.97 Å². The van der Waals surface area contributed by atoms with Crippen molar-refractivity contribution in [3.05, 3.63) is 18.5 Å². The quantitative estimate of drug-likeness (QED) is 0.415. The van der Waals surface area contributed by atoms with Crippen molar-refractivity contribution in [3.63, 3.8) is 0 Å². The van der Waals surface area contributed by atoms with Crippen molar-refractivity contribution in [2.75, 3.05) is 44.7 Å². The number of nitrogens with one attached hydrogen (secondary N) is 1. The molecule has 7 heteroatoms. The van der Waals surface area contributed by atoms with Crippen LogP contribution < -0.4 is 10.2 Å². The van der Waals surface area contributed by atoms with E-state index in [9.17, 15) is 0 Å². The van der Waals surface area contributed by atoms with Gasteiger partial charge in [-0.1, -0.05) is 26.2 Å². The van der Waals surface area contributed by atoms with Gasteiger partial charge in [-0.2, -0.15) is 0 Å². The van der Waals surface area contributed by atoms with E-state index >= 15 is 0 Å². The predicted octanol–water partition coefficient (Wildman–Crippen LogP) is 3.01. The minimum absolute atomic E-state index is 0. The fraction of sp³-hybridized carbons (Fsp3) is 0.737. The van der Waals surface area contributed by atoms with Gasteiger partial charge in [0.1, 0.15) is 0 Å². The van der Waals surface area contributed by atoms with Crippen LogP contribution in [0, 0.1) is 11.8 Å². The van der Waals surface area contributed by atoms with E-state index in [1.54, 1.807) is 12.4 Å². The van der Waals surface area contributed by atoms with Gasteiger partial charge in [0, 0.05) is 52.2 Å². The first-order valence-corrected chi connectivity index (χ1v) is 9.74. The van der Waals surface area contributed by atoms with Crippen LogP contribution in [-0.4, -0.2) is 60.6 Å². The van der Waals surface area contributed by atoms with Crippen LogP contribution in [0.1, 0.15) is 39.0 Å². The Morgan fingerprint density at radius 2 is 1.92 bits per heavy atom. The van der Waals surface area contributed by atoms with E-state index in [0.29, 0.717) is 0 Å². The standard InChI is InChI=1S/C19H32N6.HI/c1-16-5-3-6-17(15-16)7-10-23-18(20-2)24-11-13-25(14-12-24)19-21-8-4-9-22-19;/h4,8-9,16-17H,3,5-7,10-15H2,1-2H3,(H,20,23);1H.